The Hall–Kier alpha value is -1.52. The van der Waals surface area contributed by atoms with Gasteiger partial charge >= 0.3 is 6.18 Å². The minimum atomic E-state index is -4.63. The van der Waals surface area contributed by atoms with Crippen molar-refractivity contribution < 1.29 is 17.9 Å². The number of hydroxylamine groups is 1. The Balaban J connectivity index is 3.24. The van der Waals surface area contributed by atoms with Crippen molar-refractivity contribution >= 4 is 5.71 Å². The molecule has 0 heterocycles. The van der Waals surface area contributed by atoms with Gasteiger partial charge < -0.3 is 5.21 Å². The Kier molecular flexibility index (Phi) is 2.78. The van der Waals surface area contributed by atoms with Crippen molar-refractivity contribution in [3.8, 4) is 0 Å². The number of benzene rings is 1. The van der Waals surface area contributed by atoms with Crippen LogP contribution in [0.2, 0.25) is 0 Å². The van der Waals surface area contributed by atoms with E-state index in [9.17, 15) is 18.4 Å². The molecule has 0 saturated carbocycles. The molecule has 0 aromatic heterocycles. The molecule has 0 radical (unpaired) electrons. The number of alkyl halides is 3. The van der Waals surface area contributed by atoms with Gasteiger partial charge in [-0.1, -0.05) is 18.2 Å². The molecule has 0 fully saturated rings. The summed E-state index contributed by atoms with van der Waals surface area (Å²) in [5.74, 6) is 0. The molecule has 76 valence electrons. The number of rotatable bonds is 1. The van der Waals surface area contributed by atoms with Crippen LogP contribution < -0.4 is 0 Å². The largest absolute Gasteiger partial charge is 0.624 e. The van der Waals surface area contributed by atoms with Gasteiger partial charge in [-0.2, -0.15) is 13.2 Å². The van der Waals surface area contributed by atoms with Gasteiger partial charge in [0.25, 0.3) is 5.71 Å². The summed E-state index contributed by atoms with van der Waals surface area (Å²) in [5, 5.41) is 10.8. The van der Waals surface area contributed by atoms with Gasteiger partial charge in [-0.3, -0.25) is 0 Å². The molecule has 0 unspecified atom stereocenters. The van der Waals surface area contributed by atoms with E-state index in [1.165, 1.54) is 24.3 Å². The summed E-state index contributed by atoms with van der Waals surface area (Å²) < 4.78 is 37.0. The zero-order chi connectivity index (χ0) is 10.8. The molecule has 1 aromatic rings. The van der Waals surface area contributed by atoms with Crippen LogP contribution in [-0.2, 0) is 0 Å². The maximum absolute atomic E-state index is 12.4. The predicted molar refractivity (Wildman–Crippen MR) is 46.2 cm³/mol. The average molecular weight is 203 g/mol. The highest BCUT2D eigenvalue weighted by molar-refractivity contribution is 6.00. The number of hydrogen-bond acceptors (Lipinski definition) is 1. The first kappa shape index (κ1) is 10.6. The van der Waals surface area contributed by atoms with Crippen molar-refractivity contribution in [1.82, 2.24) is 0 Å². The fraction of sp³-hybridized carbons (Fsp3) is 0.222. The smallest absolute Gasteiger partial charge is 0.478 e. The maximum atomic E-state index is 12.4. The van der Waals surface area contributed by atoms with Crippen molar-refractivity contribution in [2.45, 2.75) is 6.18 Å². The number of nitrogens with zero attached hydrogens (tertiary/aromatic N) is 1. The van der Waals surface area contributed by atoms with Crippen LogP contribution in [0.3, 0.4) is 0 Å². The van der Waals surface area contributed by atoms with Gasteiger partial charge in [0, 0.05) is 0 Å². The summed E-state index contributed by atoms with van der Waals surface area (Å²) in [7, 11) is 0.829. The van der Waals surface area contributed by atoms with E-state index in [1.807, 2.05) is 0 Å². The summed E-state index contributed by atoms with van der Waals surface area (Å²) in [4.78, 5) is 0. The molecule has 2 nitrogen and oxygen atoms in total. The molecule has 0 bridgehead atoms. The fourth-order valence-corrected chi connectivity index (χ4v) is 1.12. The summed E-state index contributed by atoms with van der Waals surface area (Å²) in [6.07, 6.45) is -4.63. The van der Waals surface area contributed by atoms with Gasteiger partial charge in [-0.15, -0.1) is 0 Å². The van der Waals surface area contributed by atoms with Crippen molar-refractivity contribution in [2.24, 2.45) is 0 Å². The van der Waals surface area contributed by atoms with Gasteiger partial charge in [0.2, 0.25) is 0 Å². The van der Waals surface area contributed by atoms with Gasteiger partial charge in [-0.05, 0) is 12.1 Å². The minimum absolute atomic E-state index is 0.127. The summed E-state index contributed by atoms with van der Waals surface area (Å²) in [5.41, 5.74) is -1.31. The Labute approximate surface area is 78.9 Å². The van der Waals surface area contributed by atoms with Gasteiger partial charge in [0.1, 0.15) is 7.05 Å². The van der Waals surface area contributed by atoms with E-state index in [-0.39, 0.29) is 10.3 Å². The molecule has 1 aromatic carbocycles. The monoisotopic (exact) mass is 203 g/mol. The molecule has 14 heavy (non-hydrogen) atoms. The van der Waals surface area contributed by atoms with Gasteiger partial charge in [0.15, 0.2) is 0 Å². The van der Waals surface area contributed by atoms with Crippen molar-refractivity contribution in [3.63, 3.8) is 0 Å². The Bertz CT molecular complexity index is 339. The molecule has 0 N–H and O–H groups in total. The molecule has 5 heteroatoms. The highest BCUT2D eigenvalue weighted by Gasteiger charge is 2.43. The third kappa shape index (κ3) is 2.25. The van der Waals surface area contributed by atoms with Crippen LogP contribution in [0.4, 0.5) is 13.2 Å². The molecule has 0 saturated heterocycles. The Morgan fingerprint density at radius 3 is 2.07 bits per heavy atom. The van der Waals surface area contributed by atoms with E-state index >= 15 is 0 Å². The zero-order valence-electron chi connectivity index (χ0n) is 7.38. The van der Waals surface area contributed by atoms with Gasteiger partial charge in [-0.25, -0.2) is 4.74 Å². The van der Waals surface area contributed by atoms with Crippen LogP contribution in [0, 0.1) is 5.21 Å². The zero-order valence-corrected chi connectivity index (χ0v) is 7.38. The first-order chi connectivity index (χ1) is 6.43. The standard InChI is InChI=1S/C9H8F3NO/c1-13(14)8(9(10,11)12)7-5-3-2-4-6-7/h2-6H,1H3/b13-8+. The normalized spacial score (nSPS) is 13.7. The maximum Gasteiger partial charge on any atom is 0.478 e. The molecule has 0 atom stereocenters. The second-order valence-electron chi connectivity index (χ2n) is 2.71. The predicted octanol–water partition coefficient (Wildman–Crippen LogP) is 2.18. The molecule has 0 aliphatic carbocycles. The first-order valence-corrected chi connectivity index (χ1v) is 3.83. The highest BCUT2D eigenvalue weighted by atomic mass is 19.4. The van der Waals surface area contributed by atoms with Crippen molar-refractivity contribution in [2.75, 3.05) is 7.05 Å². The second kappa shape index (κ2) is 3.69. The molecule has 1 rings (SSSR count). The van der Waals surface area contributed by atoms with E-state index in [1.54, 1.807) is 6.07 Å². The lowest BCUT2D eigenvalue weighted by Gasteiger charge is -2.10. The SMILES string of the molecule is C/[N+]([O-])=C(/c1ccccc1)C(F)(F)F. The lowest BCUT2D eigenvalue weighted by atomic mass is 10.1. The van der Waals surface area contributed by atoms with E-state index in [4.69, 9.17) is 0 Å². The quantitative estimate of drug-likeness (QED) is 0.297. The molecule has 0 amide bonds. The number of halogens is 3. The third-order valence-electron chi connectivity index (χ3n) is 1.63. The first-order valence-electron chi connectivity index (χ1n) is 3.83. The molecular weight excluding hydrogens is 195 g/mol. The molecule has 0 spiro atoms. The Morgan fingerprint density at radius 1 is 1.21 bits per heavy atom. The third-order valence-corrected chi connectivity index (χ3v) is 1.63. The Morgan fingerprint density at radius 2 is 1.71 bits per heavy atom. The minimum Gasteiger partial charge on any atom is -0.624 e. The number of hydrogen-bond donors (Lipinski definition) is 0. The lowest BCUT2D eigenvalue weighted by Crippen LogP contribution is -2.30. The van der Waals surface area contributed by atoms with Crippen LogP contribution in [-0.4, -0.2) is 23.7 Å². The molecule has 0 aliphatic rings. The average Bonchev–Trinajstić information content (AvgIpc) is 2.02. The van der Waals surface area contributed by atoms with Crippen LogP contribution in [0.25, 0.3) is 0 Å². The fourth-order valence-electron chi connectivity index (χ4n) is 1.12. The highest BCUT2D eigenvalue weighted by Crippen LogP contribution is 2.21. The van der Waals surface area contributed by atoms with Gasteiger partial charge in [0.05, 0.1) is 5.56 Å². The van der Waals surface area contributed by atoms with Crippen LogP contribution in [0.5, 0.6) is 0 Å². The summed E-state index contributed by atoms with van der Waals surface area (Å²) >= 11 is 0. The summed E-state index contributed by atoms with van der Waals surface area (Å²) in [6.45, 7) is 0. The van der Waals surface area contributed by atoms with E-state index in [0.29, 0.717) is 0 Å². The molecule has 0 aliphatic heterocycles. The topological polar surface area (TPSA) is 26.1 Å². The van der Waals surface area contributed by atoms with Crippen LogP contribution in [0.15, 0.2) is 30.3 Å². The second-order valence-corrected chi connectivity index (χ2v) is 2.71. The summed E-state index contributed by atoms with van der Waals surface area (Å²) in [6, 6.07) is 6.98. The van der Waals surface area contributed by atoms with E-state index in [0.717, 1.165) is 7.05 Å². The van der Waals surface area contributed by atoms with E-state index in [2.05, 4.69) is 0 Å². The molecular formula is C9H8F3NO. The van der Waals surface area contributed by atoms with Crippen molar-refractivity contribution in [1.29, 1.82) is 0 Å². The van der Waals surface area contributed by atoms with Crippen LogP contribution in [0.1, 0.15) is 5.56 Å². The van der Waals surface area contributed by atoms with Crippen molar-refractivity contribution in [3.05, 3.63) is 41.1 Å². The lowest BCUT2D eigenvalue weighted by molar-refractivity contribution is -0.432. The van der Waals surface area contributed by atoms with Crippen LogP contribution >= 0.6 is 0 Å². The van der Waals surface area contributed by atoms with E-state index < -0.39 is 11.9 Å².